The van der Waals surface area contributed by atoms with Crippen LogP contribution in [0.15, 0.2) is 23.1 Å². The zero-order valence-electron chi connectivity index (χ0n) is 13.8. The van der Waals surface area contributed by atoms with Crippen LogP contribution in [0.25, 0.3) is 0 Å². The molecule has 1 aromatic carbocycles. The molecule has 2 rings (SSSR count). The normalized spacial score (nSPS) is 15.5. The minimum atomic E-state index is -4.02. The number of anilines is 1. The number of nitrogens with one attached hydrogen (secondary N) is 1. The van der Waals surface area contributed by atoms with Crippen LogP contribution in [0.4, 0.5) is 11.4 Å². The molecule has 3 N–H and O–H groups in total. The van der Waals surface area contributed by atoms with Crippen molar-refractivity contribution in [1.82, 2.24) is 4.90 Å². The first kappa shape index (κ1) is 19.1. The van der Waals surface area contributed by atoms with Gasteiger partial charge >= 0.3 is 0 Å². The quantitative estimate of drug-likeness (QED) is 0.574. The highest BCUT2D eigenvalue weighted by atomic mass is 32.2. The number of amides is 1. The second-order valence-electron chi connectivity index (χ2n) is 5.95. The molecule has 138 valence electrons. The van der Waals surface area contributed by atoms with Crippen LogP contribution in [0.5, 0.6) is 0 Å². The maximum Gasteiger partial charge on any atom is 0.293 e. The fraction of sp³-hybridized carbons (Fsp3) is 0.533. The van der Waals surface area contributed by atoms with E-state index >= 15 is 0 Å². The first-order valence-corrected chi connectivity index (χ1v) is 9.66. The molecular weight excluding hydrogens is 348 g/mol. The molecule has 0 spiro atoms. The summed E-state index contributed by atoms with van der Waals surface area (Å²) in [6, 6.07) is 3.39. The lowest BCUT2D eigenvalue weighted by Gasteiger charge is -2.20. The van der Waals surface area contributed by atoms with Crippen molar-refractivity contribution in [3.63, 3.8) is 0 Å². The van der Waals surface area contributed by atoms with Crippen molar-refractivity contribution in [2.45, 2.75) is 37.0 Å². The van der Waals surface area contributed by atoms with Crippen LogP contribution < -0.4 is 10.5 Å². The lowest BCUT2D eigenvalue weighted by Crippen LogP contribution is -2.32. The number of hydrogen-bond donors (Lipinski definition) is 2. The van der Waals surface area contributed by atoms with Crippen LogP contribution in [0, 0.1) is 10.1 Å². The summed E-state index contributed by atoms with van der Waals surface area (Å²) in [4.78, 5) is 24.2. The van der Waals surface area contributed by atoms with Crippen LogP contribution >= 0.6 is 0 Å². The van der Waals surface area contributed by atoms with Gasteiger partial charge < -0.3 is 10.2 Å². The van der Waals surface area contributed by atoms with Gasteiger partial charge in [0.15, 0.2) is 0 Å². The molecule has 1 amide bonds. The van der Waals surface area contributed by atoms with E-state index in [1.807, 2.05) is 4.90 Å². The van der Waals surface area contributed by atoms with E-state index in [1.165, 1.54) is 12.1 Å². The van der Waals surface area contributed by atoms with E-state index in [9.17, 15) is 23.3 Å². The number of nitro groups is 1. The van der Waals surface area contributed by atoms with E-state index in [4.69, 9.17) is 5.14 Å². The molecule has 1 saturated heterocycles. The third-order valence-corrected chi connectivity index (χ3v) is 5.02. The Balaban J connectivity index is 2.00. The molecule has 1 fully saturated rings. The molecule has 25 heavy (non-hydrogen) atoms. The number of sulfonamides is 1. The van der Waals surface area contributed by atoms with Gasteiger partial charge in [0.2, 0.25) is 15.9 Å². The third-order valence-electron chi connectivity index (χ3n) is 4.11. The number of nitrogens with two attached hydrogens (primary N) is 1. The number of carbonyl (C=O) groups is 1. The molecule has 0 aromatic heterocycles. The molecule has 9 nitrogen and oxygen atoms in total. The van der Waals surface area contributed by atoms with Gasteiger partial charge in [-0.15, -0.1) is 0 Å². The van der Waals surface area contributed by atoms with Gasteiger partial charge in [-0.3, -0.25) is 14.9 Å². The van der Waals surface area contributed by atoms with Crippen LogP contribution in [0.3, 0.4) is 0 Å². The average molecular weight is 370 g/mol. The highest BCUT2D eigenvalue weighted by molar-refractivity contribution is 7.89. The van der Waals surface area contributed by atoms with Gasteiger partial charge in [-0.25, -0.2) is 13.6 Å². The van der Waals surface area contributed by atoms with Crippen molar-refractivity contribution in [3.05, 3.63) is 28.3 Å². The maximum absolute atomic E-state index is 12.2. The van der Waals surface area contributed by atoms with Gasteiger partial charge in [-0.2, -0.15) is 0 Å². The number of carbonyl (C=O) groups excluding carboxylic acids is 1. The predicted octanol–water partition coefficient (Wildman–Crippen LogP) is 1.45. The van der Waals surface area contributed by atoms with E-state index in [0.29, 0.717) is 0 Å². The van der Waals surface area contributed by atoms with E-state index in [-0.39, 0.29) is 29.5 Å². The number of nitro benzene ring substituents is 1. The monoisotopic (exact) mass is 370 g/mol. The van der Waals surface area contributed by atoms with Crippen LogP contribution in [-0.4, -0.2) is 43.8 Å². The van der Waals surface area contributed by atoms with Crippen LogP contribution in [0.2, 0.25) is 0 Å². The van der Waals surface area contributed by atoms with Crippen molar-refractivity contribution in [3.8, 4) is 0 Å². The Bertz CT molecular complexity index is 742. The maximum atomic E-state index is 12.2. The first-order valence-electron chi connectivity index (χ1n) is 8.12. The van der Waals surface area contributed by atoms with E-state index in [1.54, 1.807) is 0 Å². The van der Waals surface area contributed by atoms with Gasteiger partial charge in [0.1, 0.15) is 5.69 Å². The van der Waals surface area contributed by atoms with Gasteiger partial charge in [-0.1, -0.05) is 12.8 Å². The Kier molecular flexibility index (Phi) is 6.32. The zero-order chi connectivity index (χ0) is 18.4. The molecular formula is C15H22N4O5S. The Morgan fingerprint density at radius 3 is 2.44 bits per heavy atom. The van der Waals surface area contributed by atoms with E-state index in [0.717, 1.165) is 44.8 Å². The van der Waals surface area contributed by atoms with E-state index in [2.05, 4.69) is 5.32 Å². The SMILES string of the molecule is NS(=O)(=O)c1ccc(NCCC(=O)N2CCCCCC2)c([N+](=O)[O-])c1. The lowest BCUT2D eigenvalue weighted by molar-refractivity contribution is -0.384. The summed E-state index contributed by atoms with van der Waals surface area (Å²) < 4.78 is 22.6. The number of primary sulfonamides is 1. The molecule has 1 aliphatic rings. The van der Waals surface area contributed by atoms with Crippen molar-refractivity contribution in [2.75, 3.05) is 25.0 Å². The minimum absolute atomic E-state index is 0.0122. The Morgan fingerprint density at radius 1 is 1.24 bits per heavy atom. The van der Waals surface area contributed by atoms with Crippen LogP contribution in [-0.2, 0) is 14.8 Å². The summed E-state index contributed by atoms with van der Waals surface area (Å²) in [7, 11) is -4.02. The first-order chi connectivity index (χ1) is 11.8. The molecule has 0 unspecified atom stereocenters. The van der Waals surface area contributed by atoms with Crippen molar-refractivity contribution in [1.29, 1.82) is 0 Å². The molecule has 0 radical (unpaired) electrons. The number of likely N-dealkylation sites (tertiary alicyclic amines) is 1. The molecule has 1 aromatic rings. The summed E-state index contributed by atoms with van der Waals surface area (Å²) in [5.74, 6) is 0.0122. The van der Waals surface area contributed by atoms with Crippen molar-refractivity contribution in [2.24, 2.45) is 5.14 Å². The summed E-state index contributed by atoms with van der Waals surface area (Å²) in [5, 5.41) is 19.0. The van der Waals surface area contributed by atoms with Gasteiger partial charge in [0.25, 0.3) is 5.69 Å². The van der Waals surface area contributed by atoms with Gasteiger partial charge in [0, 0.05) is 32.1 Å². The summed E-state index contributed by atoms with van der Waals surface area (Å²) in [6.07, 6.45) is 4.47. The molecule has 0 bridgehead atoms. The fourth-order valence-electron chi connectivity index (χ4n) is 2.77. The molecule has 0 saturated carbocycles. The van der Waals surface area contributed by atoms with Gasteiger partial charge in [-0.05, 0) is 25.0 Å². The summed E-state index contributed by atoms with van der Waals surface area (Å²) in [6.45, 7) is 1.73. The molecule has 1 aliphatic heterocycles. The number of hydrogen-bond acceptors (Lipinski definition) is 6. The van der Waals surface area contributed by atoms with Crippen molar-refractivity contribution >= 4 is 27.3 Å². The molecule has 0 atom stereocenters. The van der Waals surface area contributed by atoms with Gasteiger partial charge in [0.05, 0.1) is 9.82 Å². The zero-order valence-corrected chi connectivity index (χ0v) is 14.6. The molecule has 0 aliphatic carbocycles. The highest BCUT2D eigenvalue weighted by Crippen LogP contribution is 2.27. The topological polar surface area (TPSA) is 136 Å². The third kappa shape index (κ3) is 5.40. The standard InChI is InChI=1S/C15H22N4O5S/c16-25(23,24)12-5-6-13(14(11-12)19(21)22)17-8-7-15(20)18-9-3-1-2-4-10-18/h5-6,11,17H,1-4,7-10H2,(H2,16,23,24). The predicted molar refractivity (Wildman–Crippen MR) is 92.6 cm³/mol. The average Bonchev–Trinajstić information content (AvgIpc) is 2.83. The second-order valence-corrected chi connectivity index (χ2v) is 7.51. The Hall–Kier alpha value is -2.20. The molecule has 1 heterocycles. The number of benzene rings is 1. The summed E-state index contributed by atoms with van der Waals surface area (Å²) in [5.41, 5.74) is -0.241. The summed E-state index contributed by atoms with van der Waals surface area (Å²) >= 11 is 0. The highest BCUT2D eigenvalue weighted by Gasteiger charge is 2.20. The second kappa shape index (κ2) is 8.26. The fourth-order valence-corrected chi connectivity index (χ4v) is 3.30. The minimum Gasteiger partial charge on any atom is -0.379 e. The molecule has 10 heteroatoms. The Labute approximate surface area is 146 Å². The van der Waals surface area contributed by atoms with Crippen molar-refractivity contribution < 1.29 is 18.1 Å². The largest absolute Gasteiger partial charge is 0.379 e. The lowest BCUT2D eigenvalue weighted by atomic mass is 10.2. The number of nitrogens with zero attached hydrogens (tertiary/aromatic N) is 2. The Morgan fingerprint density at radius 2 is 1.88 bits per heavy atom. The van der Waals surface area contributed by atoms with Crippen LogP contribution in [0.1, 0.15) is 32.1 Å². The van der Waals surface area contributed by atoms with E-state index < -0.39 is 20.6 Å². The smallest absolute Gasteiger partial charge is 0.293 e. The number of rotatable bonds is 6.